The normalized spacial score (nSPS) is 11.9. The highest BCUT2D eigenvalue weighted by Gasteiger charge is 2.32. The van der Waals surface area contributed by atoms with Gasteiger partial charge in [-0.1, -0.05) is 18.2 Å². The molecule has 0 amide bonds. The molecule has 0 aliphatic rings. The third-order valence-corrected chi connectivity index (χ3v) is 6.34. The maximum absolute atomic E-state index is 13.7. The second kappa shape index (κ2) is 8.62. The van der Waals surface area contributed by atoms with Crippen molar-refractivity contribution in [2.24, 2.45) is 0 Å². The molecule has 10 heteroatoms. The molecule has 0 spiro atoms. The molecular weight excluding hydrogens is 452 g/mol. The molecule has 5 nitrogen and oxygen atoms in total. The van der Waals surface area contributed by atoms with Gasteiger partial charge < -0.3 is 9.84 Å². The average Bonchev–Trinajstić information content (AvgIpc) is 2.72. The smallest absolute Gasteiger partial charge is 0.416 e. The fourth-order valence-electron chi connectivity index (χ4n) is 3.16. The number of carboxylic acids is 1. The number of methoxy groups -OCH3 is 1. The Labute approximate surface area is 180 Å². The van der Waals surface area contributed by atoms with Crippen molar-refractivity contribution in [1.29, 1.82) is 0 Å². The van der Waals surface area contributed by atoms with E-state index in [1.165, 1.54) is 19.2 Å². The maximum atomic E-state index is 13.7. The minimum Gasteiger partial charge on any atom is -0.495 e. The Hall–Kier alpha value is -3.40. The summed E-state index contributed by atoms with van der Waals surface area (Å²) in [6, 6.07) is 10.7. The van der Waals surface area contributed by atoms with Crippen LogP contribution in [0.15, 0.2) is 65.6 Å². The number of hydrogen-bond donors (Lipinski definition) is 1. The molecule has 0 saturated heterocycles. The van der Waals surface area contributed by atoms with Crippen molar-refractivity contribution in [1.82, 2.24) is 0 Å². The van der Waals surface area contributed by atoms with Gasteiger partial charge in [-0.2, -0.15) is 13.2 Å². The van der Waals surface area contributed by atoms with Crippen molar-refractivity contribution in [3.05, 3.63) is 83.2 Å². The number of carbonyl (C=O) groups is 1. The fourth-order valence-corrected chi connectivity index (χ4v) is 4.73. The lowest BCUT2D eigenvalue weighted by Crippen LogP contribution is -2.11. The maximum Gasteiger partial charge on any atom is 0.416 e. The van der Waals surface area contributed by atoms with Gasteiger partial charge in [0.2, 0.25) is 0 Å². The highest BCUT2D eigenvalue weighted by Crippen LogP contribution is 2.36. The second-order valence-electron chi connectivity index (χ2n) is 6.81. The summed E-state index contributed by atoms with van der Waals surface area (Å²) in [5.74, 6) is -3.09. The molecule has 168 valence electrons. The Morgan fingerprint density at radius 2 is 1.75 bits per heavy atom. The van der Waals surface area contributed by atoms with Crippen molar-refractivity contribution in [2.75, 3.05) is 7.11 Å². The van der Waals surface area contributed by atoms with Crippen molar-refractivity contribution in [3.8, 4) is 16.9 Å². The molecule has 0 saturated carbocycles. The van der Waals surface area contributed by atoms with Gasteiger partial charge in [0.05, 0.1) is 24.0 Å². The van der Waals surface area contributed by atoms with Crippen LogP contribution in [0.2, 0.25) is 0 Å². The molecule has 0 aliphatic carbocycles. The summed E-state index contributed by atoms with van der Waals surface area (Å²) in [5, 5.41) is 9.18. The number of carboxylic acid groups (broad SMARTS) is 1. The van der Waals surface area contributed by atoms with E-state index >= 15 is 0 Å². The van der Waals surface area contributed by atoms with Gasteiger partial charge in [-0.15, -0.1) is 0 Å². The first kappa shape index (κ1) is 23.3. The summed E-state index contributed by atoms with van der Waals surface area (Å²) in [4.78, 5) is 10.8. The summed E-state index contributed by atoms with van der Waals surface area (Å²) in [6.07, 6.45) is -4.74. The number of aromatic carboxylic acids is 1. The van der Waals surface area contributed by atoms with E-state index in [9.17, 15) is 35.9 Å². The third kappa shape index (κ3) is 4.91. The number of alkyl halides is 3. The minimum atomic E-state index is -4.74. The Morgan fingerprint density at radius 1 is 1.03 bits per heavy atom. The standard InChI is InChI=1S/C22H16F4O5S/c1-31-19-8-5-14(21(27)28)11-20(19)32(29,30)12-15-9-16(22(24,25)26)6-7-18(15)13-3-2-4-17(23)10-13/h2-11H,12H2,1H3,(H,27,28). The lowest BCUT2D eigenvalue weighted by atomic mass is 9.98. The van der Waals surface area contributed by atoms with Crippen LogP contribution in [0.25, 0.3) is 11.1 Å². The van der Waals surface area contributed by atoms with Crippen molar-refractivity contribution in [2.45, 2.75) is 16.8 Å². The molecule has 0 aromatic heterocycles. The molecule has 0 aliphatic heterocycles. The zero-order valence-corrected chi connectivity index (χ0v) is 17.3. The van der Waals surface area contributed by atoms with E-state index in [-0.39, 0.29) is 28.0 Å². The van der Waals surface area contributed by atoms with Crippen molar-refractivity contribution >= 4 is 15.8 Å². The molecule has 0 unspecified atom stereocenters. The van der Waals surface area contributed by atoms with Gasteiger partial charge in [-0.3, -0.25) is 0 Å². The van der Waals surface area contributed by atoms with Crippen LogP contribution in [0.3, 0.4) is 0 Å². The Balaban J connectivity index is 2.18. The van der Waals surface area contributed by atoms with Gasteiger partial charge in [0.1, 0.15) is 16.5 Å². The van der Waals surface area contributed by atoms with Gasteiger partial charge in [0.25, 0.3) is 0 Å². The lowest BCUT2D eigenvalue weighted by Gasteiger charge is -2.16. The molecule has 3 aromatic carbocycles. The first-order chi connectivity index (χ1) is 14.9. The topological polar surface area (TPSA) is 80.7 Å². The zero-order chi connectivity index (χ0) is 23.7. The van der Waals surface area contributed by atoms with Crippen LogP contribution in [-0.2, 0) is 21.8 Å². The first-order valence-electron chi connectivity index (χ1n) is 9.02. The lowest BCUT2D eigenvalue weighted by molar-refractivity contribution is -0.137. The van der Waals surface area contributed by atoms with E-state index < -0.39 is 44.0 Å². The molecule has 0 radical (unpaired) electrons. The minimum absolute atomic E-state index is 0.0921. The van der Waals surface area contributed by atoms with Gasteiger partial charge in [-0.25, -0.2) is 17.6 Å². The van der Waals surface area contributed by atoms with Crippen LogP contribution < -0.4 is 4.74 Å². The number of hydrogen-bond acceptors (Lipinski definition) is 4. The summed E-state index contributed by atoms with van der Waals surface area (Å²) >= 11 is 0. The van der Waals surface area contributed by atoms with E-state index in [1.54, 1.807) is 0 Å². The average molecular weight is 468 g/mol. The highest BCUT2D eigenvalue weighted by molar-refractivity contribution is 7.90. The summed E-state index contributed by atoms with van der Waals surface area (Å²) < 4.78 is 84.9. The molecule has 32 heavy (non-hydrogen) atoms. The van der Waals surface area contributed by atoms with Gasteiger partial charge >= 0.3 is 12.1 Å². The molecule has 1 N–H and O–H groups in total. The molecule has 0 atom stereocenters. The highest BCUT2D eigenvalue weighted by atomic mass is 32.2. The number of ether oxygens (including phenoxy) is 1. The molecule has 3 aromatic rings. The summed E-state index contributed by atoms with van der Waals surface area (Å²) in [5.41, 5.74) is -1.36. The van der Waals surface area contributed by atoms with Gasteiger partial charge in [0, 0.05) is 0 Å². The number of rotatable bonds is 6. The van der Waals surface area contributed by atoms with E-state index in [0.29, 0.717) is 6.07 Å². The first-order valence-corrected chi connectivity index (χ1v) is 10.7. The number of halogens is 4. The number of benzene rings is 3. The quantitative estimate of drug-likeness (QED) is 0.504. The molecule has 3 rings (SSSR count). The van der Waals surface area contributed by atoms with Crippen LogP contribution >= 0.6 is 0 Å². The van der Waals surface area contributed by atoms with E-state index in [1.807, 2.05) is 0 Å². The van der Waals surface area contributed by atoms with Gasteiger partial charge in [-0.05, 0) is 59.2 Å². The van der Waals surface area contributed by atoms with E-state index in [0.717, 1.165) is 42.5 Å². The molecule has 0 fully saturated rings. The van der Waals surface area contributed by atoms with Crippen LogP contribution in [0.5, 0.6) is 5.75 Å². The van der Waals surface area contributed by atoms with E-state index in [4.69, 9.17) is 4.74 Å². The second-order valence-corrected chi connectivity index (χ2v) is 8.77. The SMILES string of the molecule is COc1ccc(C(=O)O)cc1S(=O)(=O)Cc1cc(C(F)(F)F)ccc1-c1cccc(F)c1. The Morgan fingerprint density at radius 3 is 2.34 bits per heavy atom. The largest absolute Gasteiger partial charge is 0.495 e. The van der Waals surface area contributed by atoms with Crippen molar-refractivity contribution < 1.29 is 40.6 Å². The van der Waals surface area contributed by atoms with Crippen LogP contribution in [0.1, 0.15) is 21.5 Å². The van der Waals surface area contributed by atoms with E-state index in [2.05, 4.69) is 0 Å². The Bertz CT molecular complexity index is 1280. The van der Waals surface area contributed by atoms with Crippen LogP contribution in [0, 0.1) is 5.82 Å². The molecule has 0 heterocycles. The third-order valence-electron chi connectivity index (χ3n) is 4.66. The molecule has 0 bridgehead atoms. The summed E-state index contributed by atoms with van der Waals surface area (Å²) in [6.45, 7) is 0. The van der Waals surface area contributed by atoms with Crippen LogP contribution in [0.4, 0.5) is 17.6 Å². The summed E-state index contributed by atoms with van der Waals surface area (Å²) in [7, 11) is -3.19. The predicted octanol–water partition coefficient (Wildman–Crippen LogP) is 5.19. The Kier molecular flexibility index (Phi) is 6.27. The fraction of sp³-hybridized carbons (Fsp3) is 0.136. The van der Waals surface area contributed by atoms with Crippen molar-refractivity contribution in [3.63, 3.8) is 0 Å². The number of sulfone groups is 1. The van der Waals surface area contributed by atoms with Crippen LogP contribution in [-0.4, -0.2) is 26.6 Å². The monoisotopic (exact) mass is 468 g/mol. The predicted molar refractivity (Wildman–Crippen MR) is 108 cm³/mol. The zero-order valence-electron chi connectivity index (χ0n) is 16.5. The van der Waals surface area contributed by atoms with Gasteiger partial charge in [0.15, 0.2) is 9.84 Å². The molecular formula is C22H16F4O5S.